The minimum Gasteiger partial charge on any atom is -0.427 e. The van der Waals surface area contributed by atoms with Gasteiger partial charge in [-0.15, -0.1) is 0 Å². The van der Waals surface area contributed by atoms with Gasteiger partial charge in [0.1, 0.15) is 5.75 Å². The topological polar surface area (TPSA) is 43.4 Å². The Hall–Kier alpha value is -2.07. The quantitative estimate of drug-likeness (QED) is 0.142. The van der Waals surface area contributed by atoms with Crippen molar-refractivity contribution in [3.8, 4) is 5.75 Å². The van der Waals surface area contributed by atoms with E-state index in [2.05, 4.69) is 12.6 Å². The molecule has 0 N–H and O–H groups in total. The van der Waals surface area contributed by atoms with E-state index in [4.69, 9.17) is 4.74 Å². The summed E-state index contributed by atoms with van der Waals surface area (Å²) in [6, 6.07) is 15.9. The molecule has 0 heterocycles. The third-order valence-corrected chi connectivity index (χ3v) is 4.97. The molecule has 0 bridgehead atoms. The molecule has 2 aromatic carbocycles. The van der Waals surface area contributed by atoms with Crippen LogP contribution in [0, 0.1) is 0 Å². The second-order valence-corrected chi connectivity index (χ2v) is 7.45. The van der Waals surface area contributed by atoms with Gasteiger partial charge in [-0.25, -0.2) is 0 Å². The van der Waals surface area contributed by atoms with Crippen LogP contribution in [0.4, 0.5) is 0 Å². The van der Waals surface area contributed by atoms with Crippen LogP contribution in [0.1, 0.15) is 73.7 Å². The molecule has 0 amide bonds. The van der Waals surface area contributed by atoms with Crippen molar-refractivity contribution in [3.05, 3.63) is 65.7 Å². The molecule has 0 aliphatic heterocycles. The molecular formula is C24H30O3S. The van der Waals surface area contributed by atoms with E-state index < -0.39 is 0 Å². The molecule has 2 rings (SSSR count). The number of hydrogen-bond donors (Lipinski definition) is 1. The third kappa shape index (κ3) is 8.30. The van der Waals surface area contributed by atoms with Crippen molar-refractivity contribution >= 4 is 24.4 Å². The molecular weight excluding hydrogens is 368 g/mol. The summed E-state index contributed by atoms with van der Waals surface area (Å²) in [5, 5.41) is 0. The summed E-state index contributed by atoms with van der Waals surface area (Å²) < 4.78 is 5.41. The number of ether oxygens (including phenoxy) is 1. The van der Waals surface area contributed by atoms with Gasteiger partial charge >= 0.3 is 5.97 Å². The lowest BCUT2D eigenvalue weighted by atomic mass is 10.0. The lowest BCUT2D eigenvalue weighted by Crippen LogP contribution is -2.08. The van der Waals surface area contributed by atoms with E-state index in [0.717, 1.165) is 25.0 Å². The highest BCUT2D eigenvalue weighted by Gasteiger charge is 2.11. The van der Waals surface area contributed by atoms with Gasteiger partial charge in [-0.1, -0.05) is 81.0 Å². The predicted octanol–water partition coefficient (Wildman–Crippen LogP) is 6.26. The van der Waals surface area contributed by atoms with Crippen LogP contribution in [0.2, 0.25) is 0 Å². The van der Waals surface area contributed by atoms with Crippen LogP contribution < -0.4 is 4.74 Å². The first-order valence-electron chi connectivity index (χ1n) is 10.2. The Morgan fingerprint density at radius 2 is 1.32 bits per heavy atom. The van der Waals surface area contributed by atoms with Crippen molar-refractivity contribution in [2.45, 2.75) is 57.8 Å². The second kappa shape index (κ2) is 13.2. The third-order valence-electron chi connectivity index (χ3n) is 4.65. The van der Waals surface area contributed by atoms with Crippen LogP contribution in [0.25, 0.3) is 0 Å². The maximum Gasteiger partial charge on any atom is 0.311 e. The molecule has 0 aliphatic rings. The zero-order valence-corrected chi connectivity index (χ0v) is 17.3. The fourth-order valence-corrected chi connectivity index (χ4v) is 3.30. The molecule has 28 heavy (non-hydrogen) atoms. The number of benzene rings is 2. The Morgan fingerprint density at radius 1 is 0.714 bits per heavy atom. The summed E-state index contributed by atoms with van der Waals surface area (Å²) in [4.78, 5) is 24.6. The van der Waals surface area contributed by atoms with Crippen LogP contribution >= 0.6 is 12.6 Å². The molecule has 0 radical (unpaired) electrons. The van der Waals surface area contributed by atoms with E-state index in [1.54, 1.807) is 36.4 Å². The summed E-state index contributed by atoms with van der Waals surface area (Å²) >= 11 is 4.22. The zero-order chi connectivity index (χ0) is 20.0. The first kappa shape index (κ1) is 22.2. The van der Waals surface area contributed by atoms with Crippen molar-refractivity contribution in [2.24, 2.45) is 0 Å². The van der Waals surface area contributed by atoms with E-state index >= 15 is 0 Å². The summed E-state index contributed by atoms with van der Waals surface area (Å²) in [6.45, 7) is 0. The second-order valence-electron chi connectivity index (χ2n) is 7.00. The summed E-state index contributed by atoms with van der Waals surface area (Å²) in [5.41, 5.74) is 1.14. The zero-order valence-electron chi connectivity index (χ0n) is 16.4. The molecule has 0 spiro atoms. The number of rotatable bonds is 13. The average Bonchev–Trinajstić information content (AvgIpc) is 2.73. The predicted molar refractivity (Wildman–Crippen MR) is 117 cm³/mol. The van der Waals surface area contributed by atoms with Crippen molar-refractivity contribution < 1.29 is 14.3 Å². The number of thiol groups is 1. The van der Waals surface area contributed by atoms with Gasteiger partial charge in [0.25, 0.3) is 0 Å². The summed E-state index contributed by atoms with van der Waals surface area (Å²) in [5.74, 6) is 1.09. The molecule has 0 saturated carbocycles. The smallest absolute Gasteiger partial charge is 0.311 e. The molecule has 0 unspecified atom stereocenters. The molecule has 0 saturated heterocycles. The summed E-state index contributed by atoms with van der Waals surface area (Å²) in [6.07, 6.45) is 9.71. The fraction of sp³-hybridized carbons (Fsp3) is 0.417. The van der Waals surface area contributed by atoms with E-state index in [0.29, 0.717) is 23.3 Å². The molecule has 0 aromatic heterocycles. The van der Waals surface area contributed by atoms with E-state index in [-0.39, 0.29) is 11.8 Å². The van der Waals surface area contributed by atoms with Gasteiger partial charge in [0.15, 0.2) is 5.78 Å². The number of carbonyl (C=O) groups excluding carboxylic acids is 2. The lowest BCUT2D eigenvalue weighted by Gasteiger charge is -2.07. The van der Waals surface area contributed by atoms with Gasteiger partial charge in [-0.2, -0.15) is 12.6 Å². The normalized spacial score (nSPS) is 10.6. The Bertz CT molecular complexity index is 728. The maximum atomic E-state index is 12.5. The minimum atomic E-state index is -0.238. The number of esters is 1. The average molecular weight is 399 g/mol. The van der Waals surface area contributed by atoms with Crippen molar-refractivity contribution in [1.29, 1.82) is 0 Å². The van der Waals surface area contributed by atoms with E-state index in [9.17, 15) is 9.59 Å². The molecule has 150 valence electrons. The largest absolute Gasteiger partial charge is 0.427 e. The molecule has 2 aromatic rings. The van der Waals surface area contributed by atoms with Gasteiger partial charge in [0.05, 0.1) is 0 Å². The van der Waals surface area contributed by atoms with Gasteiger partial charge in [0, 0.05) is 17.5 Å². The van der Waals surface area contributed by atoms with E-state index in [1.807, 2.05) is 18.2 Å². The van der Waals surface area contributed by atoms with Crippen LogP contribution in [-0.4, -0.2) is 17.5 Å². The number of carbonyl (C=O) groups is 2. The number of ketones is 1. The minimum absolute atomic E-state index is 0.0760. The highest BCUT2D eigenvalue weighted by Crippen LogP contribution is 2.18. The molecule has 0 fully saturated rings. The van der Waals surface area contributed by atoms with Crippen molar-refractivity contribution in [1.82, 2.24) is 0 Å². The summed E-state index contributed by atoms with van der Waals surface area (Å²) in [7, 11) is 0. The van der Waals surface area contributed by atoms with Crippen molar-refractivity contribution in [3.63, 3.8) is 0 Å². The Balaban J connectivity index is 1.69. The maximum absolute atomic E-state index is 12.5. The highest BCUT2D eigenvalue weighted by atomic mass is 32.1. The van der Waals surface area contributed by atoms with Crippen molar-refractivity contribution in [2.75, 3.05) is 5.75 Å². The first-order chi connectivity index (χ1) is 13.7. The Kier molecular flexibility index (Phi) is 10.4. The number of unbranched alkanes of at least 4 members (excludes halogenated alkanes) is 7. The van der Waals surface area contributed by atoms with Gasteiger partial charge < -0.3 is 4.74 Å². The first-order valence-corrected chi connectivity index (χ1v) is 10.9. The van der Waals surface area contributed by atoms with Crippen LogP contribution in [0.5, 0.6) is 5.75 Å². The molecule has 0 aliphatic carbocycles. The molecule has 0 atom stereocenters. The van der Waals surface area contributed by atoms with Crippen LogP contribution in [-0.2, 0) is 4.79 Å². The molecule has 4 heteroatoms. The Labute approximate surface area is 173 Å². The van der Waals surface area contributed by atoms with E-state index in [1.165, 1.54) is 32.1 Å². The van der Waals surface area contributed by atoms with Crippen LogP contribution in [0.3, 0.4) is 0 Å². The SMILES string of the molecule is O=C(CCCCCCCCCCS)Oc1cccc(C(=O)c2ccccc2)c1. The lowest BCUT2D eigenvalue weighted by molar-refractivity contribution is -0.134. The van der Waals surface area contributed by atoms with Gasteiger partial charge in [-0.3, -0.25) is 9.59 Å². The standard InChI is InChI=1S/C24H30O3S/c25-23(17-10-5-3-1-2-4-6-11-18-28)27-22-16-12-15-21(19-22)24(26)20-13-8-7-9-14-20/h7-9,12-16,19,28H,1-6,10-11,17-18H2. The fourth-order valence-electron chi connectivity index (χ4n) is 3.08. The number of hydrogen-bond acceptors (Lipinski definition) is 4. The molecule has 3 nitrogen and oxygen atoms in total. The Morgan fingerprint density at radius 3 is 2.00 bits per heavy atom. The highest BCUT2D eigenvalue weighted by molar-refractivity contribution is 7.80. The van der Waals surface area contributed by atoms with Gasteiger partial charge in [0.2, 0.25) is 0 Å². The van der Waals surface area contributed by atoms with Gasteiger partial charge in [-0.05, 0) is 30.7 Å². The van der Waals surface area contributed by atoms with Crippen LogP contribution in [0.15, 0.2) is 54.6 Å². The monoisotopic (exact) mass is 398 g/mol.